The SMILES string of the molecule is CN=C(NCCCOC)NCC(c1cccs1)N(C)C.I. The fourth-order valence-corrected chi connectivity index (χ4v) is 2.78. The molecule has 0 aromatic carbocycles. The van der Waals surface area contributed by atoms with Crippen molar-refractivity contribution in [3.05, 3.63) is 22.4 Å². The molecule has 21 heavy (non-hydrogen) atoms. The molecule has 0 radical (unpaired) electrons. The molecule has 0 aliphatic rings. The van der Waals surface area contributed by atoms with Gasteiger partial charge in [-0.05, 0) is 32.0 Å². The second kappa shape index (κ2) is 12.2. The van der Waals surface area contributed by atoms with Crippen LogP contribution in [0.2, 0.25) is 0 Å². The van der Waals surface area contributed by atoms with Crippen molar-refractivity contribution in [2.24, 2.45) is 4.99 Å². The Bertz CT molecular complexity index is 384. The fraction of sp³-hybridized carbons (Fsp3) is 0.643. The Morgan fingerprint density at radius 1 is 1.43 bits per heavy atom. The van der Waals surface area contributed by atoms with Gasteiger partial charge in [0, 0.05) is 38.7 Å². The lowest BCUT2D eigenvalue weighted by molar-refractivity contribution is 0.195. The van der Waals surface area contributed by atoms with Crippen LogP contribution < -0.4 is 10.6 Å². The zero-order valence-electron chi connectivity index (χ0n) is 13.3. The van der Waals surface area contributed by atoms with Gasteiger partial charge in [-0.15, -0.1) is 35.3 Å². The number of rotatable bonds is 8. The first-order valence-electron chi connectivity index (χ1n) is 6.82. The third kappa shape index (κ3) is 7.98. The predicted molar refractivity (Wildman–Crippen MR) is 102 cm³/mol. The summed E-state index contributed by atoms with van der Waals surface area (Å²) in [5.74, 6) is 0.838. The third-order valence-electron chi connectivity index (χ3n) is 3.00. The number of hydrogen-bond donors (Lipinski definition) is 2. The summed E-state index contributed by atoms with van der Waals surface area (Å²) >= 11 is 1.78. The number of likely N-dealkylation sites (N-methyl/N-ethyl adjacent to an activating group) is 1. The lowest BCUT2D eigenvalue weighted by Gasteiger charge is -2.24. The first-order valence-corrected chi connectivity index (χ1v) is 7.70. The van der Waals surface area contributed by atoms with Crippen molar-refractivity contribution in [2.75, 3.05) is 47.9 Å². The molecule has 1 atom stereocenters. The van der Waals surface area contributed by atoms with E-state index in [1.165, 1.54) is 4.88 Å². The molecule has 0 spiro atoms. The third-order valence-corrected chi connectivity index (χ3v) is 3.97. The molecule has 1 heterocycles. The molecule has 0 amide bonds. The van der Waals surface area contributed by atoms with Crippen LogP contribution in [-0.2, 0) is 4.74 Å². The number of methoxy groups -OCH3 is 1. The van der Waals surface area contributed by atoms with Crippen LogP contribution in [0, 0.1) is 0 Å². The highest BCUT2D eigenvalue weighted by Gasteiger charge is 2.15. The van der Waals surface area contributed by atoms with E-state index < -0.39 is 0 Å². The van der Waals surface area contributed by atoms with Crippen molar-refractivity contribution in [3.8, 4) is 0 Å². The van der Waals surface area contributed by atoms with Gasteiger partial charge in [0.25, 0.3) is 0 Å². The highest BCUT2D eigenvalue weighted by Crippen LogP contribution is 2.22. The standard InChI is InChI=1S/C14H26N4OS.HI/c1-15-14(16-8-6-9-19-4)17-11-12(18(2)3)13-7-5-10-20-13;/h5,7,10,12H,6,8-9,11H2,1-4H3,(H2,15,16,17);1H. The van der Waals surface area contributed by atoms with Crippen molar-refractivity contribution in [2.45, 2.75) is 12.5 Å². The topological polar surface area (TPSA) is 48.9 Å². The van der Waals surface area contributed by atoms with Gasteiger partial charge in [-0.3, -0.25) is 4.99 Å². The van der Waals surface area contributed by atoms with Crippen molar-refractivity contribution < 1.29 is 4.74 Å². The Hall–Kier alpha value is -0.380. The normalized spacial score (nSPS) is 12.9. The molecule has 122 valence electrons. The molecular weight excluding hydrogens is 399 g/mol. The van der Waals surface area contributed by atoms with Gasteiger partial charge in [0.05, 0.1) is 6.04 Å². The quantitative estimate of drug-likeness (QED) is 0.290. The molecule has 0 aliphatic carbocycles. The van der Waals surface area contributed by atoms with Crippen LogP contribution in [0.1, 0.15) is 17.3 Å². The molecule has 1 aromatic heterocycles. The number of ether oxygens (including phenoxy) is 1. The average Bonchev–Trinajstić information content (AvgIpc) is 2.95. The average molecular weight is 426 g/mol. The Morgan fingerprint density at radius 3 is 2.71 bits per heavy atom. The van der Waals surface area contributed by atoms with Crippen molar-refractivity contribution >= 4 is 41.3 Å². The Labute approximate surface area is 149 Å². The zero-order chi connectivity index (χ0) is 14.8. The van der Waals surface area contributed by atoms with Gasteiger partial charge in [-0.1, -0.05) is 6.07 Å². The lowest BCUT2D eigenvalue weighted by Crippen LogP contribution is -2.42. The van der Waals surface area contributed by atoms with Crippen LogP contribution >= 0.6 is 35.3 Å². The Kier molecular flexibility index (Phi) is 12.0. The fourth-order valence-electron chi connectivity index (χ4n) is 1.86. The summed E-state index contributed by atoms with van der Waals surface area (Å²) in [5, 5.41) is 8.78. The van der Waals surface area contributed by atoms with Crippen molar-refractivity contribution in [3.63, 3.8) is 0 Å². The van der Waals surface area contributed by atoms with Crippen LogP contribution in [-0.4, -0.2) is 58.8 Å². The molecule has 0 bridgehead atoms. The molecule has 5 nitrogen and oxygen atoms in total. The van der Waals surface area contributed by atoms with E-state index in [0.29, 0.717) is 6.04 Å². The molecular formula is C14H27IN4OS. The largest absolute Gasteiger partial charge is 0.385 e. The van der Waals surface area contributed by atoms with Crippen LogP contribution in [0.25, 0.3) is 0 Å². The number of nitrogens with zero attached hydrogens (tertiary/aromatic N) is 2. The van der Waals surface area contributed by atoms with Crippen LogP contribution in [0.3, 0.4) is 0 Å². The number of nitrogens with one attached hydrogen (secondary N) is 2. The van der Waals surface area contributed by atoms with E-state index in [9.17, 15) is 0 Å². The highest BCUT2D eigenvalue weighted by atomic mass is 127. The van der Waals surface area contributed by atoms with Gasteiger partial charge >= 0.3 is 0 Å². The first kappa shape index (κ1) is 20.6. The lowest BCUT2D eigenvalue weighted by atomic mass is 10.2. The van der Waals surface area contributed by atoms with E-state index in [2.05, 4.69) is 52.1 Å². The number of hydrogen-bond acceptors (Lipinski definition) is 4. The summed E-state index contributed by atoms with van der Waals surface area (Å²) < 4.78 is 5.03. The van der Waals surface area contributed by atoms with E-state index >= 15 is 0 Å². The predicted octanol–water partition coefficient (Wildman–Crippen LogP) is 2.17. The highest BCUT2D eigenvalue weighted by molar-refractivity contribution is 14.0. The molecule has 0 saturated heterocycles. The van der Waals surface area contributed by atoms with Gasteiger partial charge in [-0.2, -0.15) is 0 Å². The number of thiophene rings is 1. The first-order chi connectivity index (χ1) is 9.69. The summed E-state index contributed by atoms with van der Waals surface area (Å²) in [6, 6.07) is 4.62. The van der Waals surface area contributed by atoms with Crippen molar-refractivity contribution in [1.29, 1.82) is 0 Å². The summed E-state index contributed by atoms with van der Waals surface area (Å²) in [6.07, 6.45) is 0.971. The van der Waals surface area contributed by atoms with Crippen LogP contribution in [0.5, 0.6) is 0 Å². The van der Waals surface area contributed by atoms with Crippen molar-refractivity contribution in [1.82, 2.24) is 15.5 Å². The number of halogens is 1. The minimum atomic E-state index is 0. The second-order valence-corrected chi connectivity index (χ2v) is 5.70. The van der Waals surface area contributed by atoms with Gasteiger partial charge in [0.15, 0.2) is 5.96 Å². The molecule has 1 aromatic rings. The maximum absolute atomic E-state index is 5.03. The molecule has 0 fully saturated rings. The number of guanidine groups is 1. The molecule has 0 aliphatic heterocycles. The maximum atomic E-state index is 5.03. The van der Waals surface area contributed by atoms with E-state index in [1.807, 2.05) is 0 Å². The monoisotopic (exact) mass is 426 g/mol. The van der Waals surface area contributed by atoms with Gasteiger partial charge in [-0.25, -0.2) is 0 Å². The number of aliphatic imine (C=N–C) groups is 1. The molecule has 1 rings (SSSR count). The molecule has 1 unspecified atom stereocenters. The Morgan fingerprint density at radius 2 is 2.19 bits per heavy atom. The van der Waals surface area contributed by atoms with Crippen LogP contribution in [0.4, 0.5) is 0 Å². The summed E-state index contributed by atoms with van der Waals surface area (Å²) in [4.78, 5) is 7.81. The summed E-state index contributed by atoms with van der Waals surface area (Å²) in [6.45, 7) is 2.45. The smallest absolute Gasteiger partial charge is 0.191 e. The molecule has 0 saturated carbocycles. The van der Waals surface area contributed by atoms with Crippen LogP contribution in [0.15, 0.2) is 22.5 Å². The van der Waals surface area contributed by atoms with E-state index in [4.69, 9.17) is 4.74 Å². The van der Waals surface area contributed by atoms with E-state index in [-0.39, 0.29) is 24.0 Å². The minimum absolute atomic E-state index is 0. The summed E-state index contributed by atoms with van der Waals surface area (Å²) in [5.41, 5.74) is 0. The van der Waals surface area contributed by atoms with E-state index in [0.717, 1.165) is 32.1 Å². The summed E-state index contributed by atoms with van der Waals surface area (Å²) in [7, 11) is 7.71. The molecule has 7 heteroatoms. The molecule has 2 N–H and O–H groups in total. The maximum Gasteiger partial charge on any atom is 0.191 e. The van der Waals surface area contributed by atoms with E-state index in [1.54, 1.807) is 25.5 Å². The van der Waals surface area contributed by atoms with Gasteiger partial charge < -0.3 is 20.3 Å². The van der Waals surface area contributed by atoms with Gasteiger partial charge in [0.1, 0.15) is 0 Å². The van der Waals surface area contributed by atoms with Gasteiger partial charge in [0.2, 0.25) is 0 Å². The second-order valence-electron chi connectivity index (χ2n) is 4.72. The minimum Gasteiger partial charge on any atom is -0.385 e. The zero-order valence-corrected chi connectivity index (χ0v) is 16.4. The Balaban J connectivity index is 0.00000400.